The summed E-state index contributed by atoms with van der Waals surface area (Å²) in [7, 11) is 3.87. The van der Waals surface area contributed by atoms with Gasteiger partial charge < -0.3 is 9.64 Å². The Balaban J connectivity index is 2.25. The largest absolute Gasteiger partial charge is 0.464 e. The molecule has 2 aromatic heterocycles. The van der Waals surface area contributed by atoms with Gasteiger partial charge in [-0.2, -0.15) is 0 Å². The molecule has 0 fully saturated rings. The van der Waals surface area contributed by atoms with Crippen molar-refractivity contribution in [1.29, 1.82) is 0 Å². The smallest absolute Gasteiger partial charge is 0.329 e. The Morgan fingerprint density at radius 3 is 2.69 bits per heavy atom. The Morgan fingerprint density at radius 2 is 2.04 bits per heavy atom. The molecule has 0 radical (unpaired) electrons. The highest BCUT2D eigenvalue weighted by Gasteiger charge is 2.28. The van der Waals surface area contributed by atoms with E-state index in [0.717, 1.165) is 35.0 Å². The molecule has 6 nitrogen and oxygen atoms in total. The van der Waals surface area contributed by atoms with Crippen molar-refractivity contribution in [2.45, 2.75) is 58.5 Å². The third kappa shape index (κ3) is 3.42. The van der Waals surface area contributed by atoms with E-state index in [-0.39, 0.29) is 11.5 Å². The van der Waals surface area contributed by atoms with E-state index in [1.165, 1.54) is 11.3 Å². The van der Waals surface area contributed by atoms with Crippen molar-refractivity contribution in [3.05, 3.63) is 26.6 Å². The number of fused-ring (bicyclic) bond motifs is 3. The lowest BCUT2D eigenvalue weighted by Crippen LogP contribution is -2.35. The fourth-order valence-electron chi connectivity index (χ4n) is 3.67. The summed E-state index contributed by atoms with van der Waals surface area (Å²) in [6.45, 7) is 4.49. The van der Waals surface area contributed by atoms with Gasteiger partial charge in [-0.25, -0.2) is 9.78 Å². The Morgan fingerprint density at radius 1 is 1.31 bits per heavy atom. The van der Waals surface area contributed by atoms with Crippen molar-refractivity contribution >= 4 is 27.5 Å². The van der Waals surface area contributed by atoms with Crippen LogP contribution in [0.2, 0.25) is 0 Å². The minimum atomic E-state index is -0.631. The molecule has 142 valence electrons. The maximum absolute atomic E-state index is 13.5. The number of carbonyl (C=O) groups is 1. The number of hydrogen-bond acceptors (Lipinski definition) is 6. The van der Waals surface area contributed by atoms with E-state index >= 15 is 0 Å². The van der Waals surface area contributed by atoms with Crippen LogP contribution in [0.15, 0.2) is 4.79 Å². The predicted molar refractivity (Wildman–Crippen MR) is 104 cm³/mol. The molecule has 0 spiro atoms. The quantitative estimate of drug-likeness (QED) is 0.724. The standard InChI is InChI=1S/C19H27N3O3S/c1-5-13(19(24)25-6-2)22-15(11-21(3)4)20-17-16(18(22)23)12-9-7-8-10-14(12)26-17/h13H,5-11H2,1-4H3. The summed E-state index contributed by atoms with van der Waals surface area (Å²) < 4.78 is 6.82. The first kappa shape index (κ1) is 19.0. The third-order valence-electron chi connectivity index (χ3n) is 4.81. The van der Waals surface area contributed by atoms with Gasteiger partial charge in [0, 0.05) is 4.88 Å². The number of rotatable bonds is 6. The van der Waals surface area contributed by atoms with Crippen LogP contribution in [0, 0.1) is 0 Å². The first-order valence-electron chi connectivity index (χ1n) is 9.34. The minimum Gasteiger partial charge on any atom is -0.464 e. The van der Waals surface area contributed by atoms with Gasteiger partial charge in [-0.1, -0.05) is 6.92 Å². The van der Waals surface area contributed by atoms with Gasteiger partial charge in [-0.3, -0.25) is 9.36 Å². The van der Waals surface area contributed by atoms with Crippen LogP contribution in [0.5, 0.6) is 0 Å². The van der Waals surface area contributed by atoms with Crippen LogP contribution in [-0.4, -0.2) is 41.1 Å². The van der Waals surface area contributed by atoms with Gasteiger partial charge in [-0.05, 0) is 58.7 Å². The van der Waals surface area contributed by atoms with Gasteiger partial charge in [-0.15, -0.1) is 11.3 Å². The van der Waals surface area contributed by atoms with Crippen LogP contribution in [0.4, 0.5) is 0 Å². The Bertz CT molecular complexity index is 869. The van der Waals surface area contributed by atoms with Gasteiger partial charge in [0.05, 0.1) is 18.5 Å². The summed E-state index contributed by atoms with van der Waals surface area (Å²) in [6.07, 6.45) is 4.72. The maximum atomic E-state index is 13.5. The average Bonchev–Trinajstić information content (AvgIpc) is 2.96. The molecule has 0 bridgehead atoms. The highest BCUT2D eigenvalue weighted by atomic mass is 32.1. The number of nitrogens with zero attached hydrogens (tertiary/aromatic N) is 3. The van der Waals surface area contributed by atoms with Crippen molar-refractivity contribution in [1.82, 2.24) is 14.5 Å². The molecule has 0 saturated carbocycles. The number of esters is 1. The van der Waals surface area contributed by atoms with E-state index in [0.29, 0.717) is 25.4 Å². The van der Waals surface area contributed by atoms with E-state index in [9.17, 15) is 9.59 Å². The zero-order valence-corrected chi connectivity index (χ0v) is 16.8. The van der Waals surface area contributed by atoms with Gasteiger partial charge >= 0.3 is 5.97 Å². The molecular weight excluding hydrogens is 350 g/mol. The number of thiophene rings is 1. The summed E-state index contributed by atoms with van der Waals surface area (Å²) in [5.74, 6) is 0.272. The summed E-state index contributed by atoms with van der Waals surface area (Å²) in [6, 6.07) is -0.631. The summed E-state index contributed by atoms with van der Waals surface area (Å²) in [5.41, 5.74) is 1.06. The van der Waals surface area contributed by atoms with Crippen LogP contribution in [0.1, 0.15) is 55.4 Å². The molecule has 1 atom stereocenters. The molecule has 1 unspecified atom stereocenters. The van der Waals surface area contributed by atoms with Gasteiger partial charge in [0.15, 0.2) is 0 Å². The fourth-order valence-corrected chi connectivity index (χ4v) is 4.94. The Labute approximate surface area is 157 Å². The molecule has 0 amide bonds. The third-order valence-corrected chi connectivity index (χ3v) is 5.99. The normalized spacial score (nSPS) is 15.3. The van der Waals surface area contributed by atoms with Gasteiger partial charge in [0.1, 0.15) is 16.7 Å². The summed E-state index contributed by atoms with van der Waals surface area (Å²) >= 11 is 1.64. The van der Waals surface area contributed by atoms with Crippen LogP contribution in [0.3, 0.4) is 0 Å². The second kappa shape index (κ2) is 7.88. The topological polar surface area (TPSA) is 64.4 Å². The van der Waals surface area contributed by atoms with Crippen LogP contribution in [-0.2, 0) is 28.9 Å². The lowest BCUT2D eigenvalue weighted by Gasteiger charge is -2.22. The fraction of sp³-hybridized carbons (Fsp3) is 0.632. The Kier molecular flexibility index (Phi) is 5.77. The van der Waals surface area contributed by atoms with Crippen molar-refractivity contribution < 1.29 is 9.53 Å². The molecule has 0 aromatic carbocycles. The SMILES string of the molecule is CCOC(=O)C(CC)n1c(CN(C)C)nc2sc3c(c2c1=O)CCCC3. The number of aromatic nitrogens is 2. The van der Waals surface area contributed by atoms with Crippen LogP contribution < -0.4 is 5.56 Å². The number of ether oxygens (including phenoxy) is 1. The van der Waals surface area contributed by atoms with E-state index < -0.39 is 6.04 Å². The first-order valence-corrected chi connectivity index (χ1v) is 10.2. The molecular formula is C19H27N3O3S. The molecule has 2 aromatic rings. The minimum absolute atomic E-state index is 0.0915. The lowest BCUT2D eigenvalue weighted by molar-refractivity contribution is -0.147. The number of carbonyl (C=O) groups excluding carboxylic acids is 1. The summed E-state index contributed by atoms with van der Waals surface area (Å²) in [5, 5.41) is 0.718. The van der Waals surface area contributed by atoms with Crippen LogP contribution >= 0.6 is 11.3 Å². The molecule has 0 saturated heterocycles. The van der Waals surface area contributed by atoms with E-state index in [2.05, 4.69) is 0 Å². The molecule has 7 heteroatoms. The molecule has 1 aliphatic carbocycles. The molecule has 2 heterocycles. The monoisotopic (exact) mass is 377 g/mol. The van der Waals surface area contributed by atoms with Crippen molar-refractivity contribution in [2.24, 2.45) is 0 Å². The molecule has 0 N–H and O–H groups in total. The van der Waals surface area contributed by atoms with Crippen LogP contribution in [0.25, 0.3) is 10.2 Å². The summed E-state index contributed by atoms with van der Waals surface area (Å²) in [4.78, 5) is 34.9. The first-order chi connectivity index (χ1) is 12.5. The van der Waals surface area contributed by atoms with E-state index in [4.69, 9.17) is 9.72 Å². The number of aryl methyl sites for hydroxylation is 2. The highest BCUT2D eigenvalue weighted by Crippen LogP contribution is 2.34. The zero-order valence-electron chi connectivity index (χ0n) is 16.0. The molecule has 26 heavy (non-hydrogen) atoms. The molecule has 0 aliphatic heterocycles. The second-order valence-corrected chi connectivity index (χ2v) is 8.09. The maximum Gasteiger partial charge on any atom is 0.329 e. The van der Waals surface area contributed by atoms with Crippen molar-refractivity contribution in [3.8, 4) is 0 Å². The van der Waals surface area contributed by atoms with E-state index in [1.54, 1.807) is 22.8 Å². The molecule has 3 rings (SSSR count). The van der Waals surface area contributed by atoms with Gasteiger partial charge in [0.2, 0.25) is 0 Å². The van der Waals surface area contributed by atoms with Gasteiger partial charge in [0.25, 0.3) is 5.56 Å². The zero-order chi connectivity index (χ0) is 18.8. The average molecular weight is 378 g/mol. The second-order valence-electron chi connectivity index (χ2n) is 7.01. The van der Waals surface area contributed by atoms with E-state index in [1.807, 2.05) is 25.9 Å². The lowest BCUT2D eigenvalue weighted by atomic mass is 9.97. The Hall–Kier alpha value is -1.73. The number of hydrogen-bond donors (Lipinski definition) is 0. The highest BCUT2D eigenvalue weighted by molar-refractivity contribution is 7.18. The molecule has 1 aliphatic rings. The van der Waals surface area contributed by atoms with Crippen molar-refractivity contribution in [3.63, 3.8) is 0 Å². The predicted octanol–water partition coefficient (Wildman–Crippen LogP) is 2.91. The van der Waals surface area contributed by atoms with Crippen molar-refractivity contribution in [2.75, 3.05) is 20.7 Å².